The van der Waals surface area contributed by atoms with Crippen molar-refractivity contribution in [3.63, 3.8) is 0 Å². The van der Waals surface area contributed by atoms with E-state index in [0.717, 1.165) is 11.3 Å². The molecule has 3 rings (SSSR count). The van der Waals surface area contributed by atoms with Gasteiger partial charge in [-0.15, -0.1) is 0 Å². The highest BCUT2D eigenvalue weighted by molar-refractivity contribution is 5.80. The van der Waals surface area contributed by atoms with Crippen molar-refractivity contribution < 1.29 is 14.6 Å². The van der Waals surface area contributed by atoms with Crippen LogP contribution in [-0.4, -0.2) is 39.0 Å². The molecule has 2 aromatic heterocycles. The first kappa shape index (κ1) is 17.6. The van der Waals surface area contributed by atoms with E-state index in [2.05, 4.69) is 26.6 Å². The largest absolute Gasteiger partial charge is 0.479 e. The molecule has 0 aliphatic heterocycles. The van der Waals surface area contributed by atoms with E-state index in [1.165, 1.54) is 7.11 Å². The Kier molecular flexibility index (Phi) is 4.73. The molecule has 26 heavy (non-hydrogen) atoms. The van der Waals surface area contributed by atoms with Gasteiger partial charge in [-0.05, 0) is 37.5 Å². The van der Waals surface area contributed by atoms with Gasteiger partial charge in [-0.1, -0.05) is 6.08 Å². The maximum atomic E-state index is 11.5. The van der Waals surface area contributed by atoms with Crippen molar-refractivity contribution >= 4 is 23.2 Å². The topological polar surface area (TPSA) is 124 Å². The van der Waals surface area contributed by atoms with Gasteiger partial charge in [-0.25, -0.2) is 9.78 Å². The number of nitriles is 1. The molecular formula is C18H19N5O3. The third kappa shape index (κ3) is 3.30. The van der Waals surface area contributed by atoms with E-state index in [4.69, 9.17) is 4.74 Å². The maximum Gasteiger partial charge on any atom is 0.336 e. The van der Waals surface area contributed by atoms with E-state index in [1.807, 2.05) is 13.0 Å². The average molecular weight is 353 g/mol. The first-order valence-corrected chi connectivity index (χ1v) is 8.15. The minimum Gasteiger partial charge on any atom is -0.479 e. The maximum absolute atomic E-state index is 11.5. The number of carbonyl (C=O) groups is 1. The minimum absolute atomic E-state index is 0.233. The zero-order valence-corrected chi connectivity index (χ0v) is 14.5. The first-order chi connectivity index (χ1) is 12.5. The molecule has 0 saturated carbocycles. The molecule has 0 spiro atoms. The molecule has 134 valence electrons. The number of pyridine rings is 1. The van der Waals surface area contributed by atoms with Gasteiger partial charge in [0.15, 0.2) is 11.4 Å². The number of nitrogens with zero attached hydrogens (tertiary/aromatic N) is 3. The van der Waals surface area contributed by atoms with Crippen molar-refractivity contribution in [2.75, 3.05) is 12.4 Å². The smallest absolute Gasteiger partial charge is 0.336 e. The van der Waals surface area contributed by atoms with Crippen LogP contribution in [0.1, 0.15) is 36.2 Å². The Balaban J connectivity index is 1.90. The molecule has 8 heteroatoms. The molecule has 0 fully saturated rings. The number of aryl methyl sites for hydroxylation is 1. The van der Waals surface area contributed by atoms with Crippen LogP contribution in [0.15, 0.2) is 24.3 Å². The van der Waals surface area contributed by atoms with E-state index in [-0.39, 0.29) is 6.42 Å². The van der Waals surface area contributed by atoms with Gasteiger partial charge >= 0.3 is 5.97 Å². The normalized spacial score (nSPS) is 19.5. The molecule has 2 aromatic rings. The number of nitrogens with one attached hydrogen (secondary N) is 2. The van der Waals surface area contributed by atoms with Gasteiger partial charge in [-0.3, -0.25) is 5.10 Å². The fourth-order valence-electron chi connectivity index (χ4n) is 2.99. The van der Waals surface area contributed by atoms with Crippen LogP contribution in [0.3, 0.4) is 0 Å². The fourth-order valence-corrected chi connectivity index (χ4v) is 2.99. The first-order valence-electron chi connectivity index (χ1n) is 8.15. The number of aromatic amines is 1. The van der Waals surface area contributed by atoms with Crippen LogP contribution in [0.2, 0.25) is 0 Å². The van der Waals surface area contributed by atoms with Gasteiger partial charge in [-0.2, -0.15) is 10.4 Å². The summed E-state index contributed by atoms with van der Waals surface area (Å²) in [5, 5.41) is 28.9. The molecule has 0 saturated heterocycles. The summed E-state index contributed by atoms with van der Waals surface area (Å²) in [6, 6.07) is 7.40. The number of rotatable bonds is 5. The number of carboxylic acid groups (broad SMARTS) is 1. The zero-order chi connectivity index (χ0) is 18.7. The Hall–Kier alpha value is -3.18. The van der Waals surface area contributed by atoms with E-state index in [1.54, 1.807) is 18.2 Å². The third-order valence-electron chi connectivity index (χ3n) is 4.54. The summed E-state index contributed by atoms with van der Waals surface area (Å²) in [6.07, 6.45) is 2.82. The fraction of sp³-hybridized carbons (Fsp3) is 0.333. The molecule has 8 nitrogen and oxygen atoms in total. The Bertz CT molecular complexity index is 912. The molecular weight excluding hydrogens is 334 g/mol. The number of allylic oxidation sites excluding steroid dienone is 1. The highest BCUT2D eigenvalue weighted by Crippen LogP contribution is 2.36. The highest BCUT2D eigenvalue weighted by Gasteiger charge is 2.40. The van der Waals surface area contributed by atoms with Crippen molar-refractivity contribution in [2.45, 2.75) is 31.8 Å². The number of anilines is 2. The molecule has 0 amide bonds. The van der Waals surface area contributed by atoms with Gasteiger partial charge in [0.1, 0.15) is 11.9 Å². The number of aromatic nitrogens is 3. The van der Waals surface area contributed by atoms with Crippen molar-refractivity contribution in [1.29, 1.82) is 5.26 Å². The molecule has 1 atom stereocenters. The standard InChI is InChI=1S/C18H19N5O3/c1-11-9-15(23-22-11)20-14-4-3-13(10-19)16(21-14)12-5-7-18(26-2,8-6-12)17(24)25/h3-5,9H,6-8H2,1-2H3,(H,24,25)(H2,20,21,22,23). The van der Waals surface area contributed by atoms with E-state index < -0.39 is 11.6 Å². The average Bonchev–Trinajstić information content (AvgIpc) is 3.06. The minimum atomic E-state index is -1.21. The van der Waals surface area contributed by atoms with Crippen LogP contribution < -0.4 is 5.32 Å². The van der Waals surface area contributed by atoms with Crippen LogP contribution in [0.5, 0.6) is 0 Å². The van der Waals surface area contributed by atoms with Gasteiger partial charge in [0, 0.05) is 25.3 Å². The molecule has 0 radical (unpaired) electrons. The van der Waals surface area contributed by atoms with Crippen molar-refractivity contribution in [2.24, 2.45) is 0 Å². The summed E-state index contributed by atoms with van der Waals surface area (Å²) in [6.45, 7) is 1.90. The lowest BCUT2D eigenvalue weighted by molar-refractivity contribution is -0.163. The lowest BCUT2D eigenvalue weighted by Crippen LogP contribution is -2.41. The van der Waals surface area contributed by atoms with E-state index in [0.29, 0.717) is 35.7 Å². The zero-order valence-electron chi connectivity index (χ0n) is 14.5. The van der Waals surface area contributed by atoms with Gasteiger partial charge in [0.2, 0.25) is 0 Å². The van der Waals surface area contributed by atoms with E-state index in [9.17, 15) is 15.2 Å². The molecule has 1 aliphatic rings. The van der Waals surface area contributed by atoms with E-state index >= 15 is 0 Å². The second-order valence-electron chi connectivity index (χ2n) is 6.20. The van der Waals surface area contributed by atoms with Gasteiger partial charge < -0.3 is 15.2 Å². The summed E-state index contributed by atoms with van der Waals surface area (Å²) in [4.78, 5) is 16.0. The quantitative estimate of drug-likeness (QED) is 0.755. The number of hydrogen-bond acceptors (Lipinski definition) is 6. The monoisotopic (exact) mass is 353 g/mol. The number of ether oxygens (including phenoxy) is 1. The lowest BCUT2D eigenvalue weighted by atomic mass is 9.83. The summed E-state index contributed by atoms with van der Waals surface area (Å²) in [5.74, 6) is 0.217. The predicted molar refractivity (Wildman–Crippen MR) is 94.8 cm³/mol. The number of carboxylic acids is 1. The Labute approximate surface area is 150 Å². The Morgan fingerprint density at radius 2 is 2.27 bits per heavy atom. The Morgan fingerprint density at radius 1 is 1.46 bits per heavy atom. The molecule has 0 bridgehead atoms. The van der Waals surface area contributed by atoms with Crippen LogP contribution in [-0.2, 0) is 9.53 Å². The lowest BCUT2D eigenvalue weighted by Gasteiger charge is -2.31. The molecule has 1 aliphatic carbocycles. The predicted octanol–water partition coefficient (Wildman–Crippen LogP) is 2.77. The second-order valence-corrected chi connectivity index (χ2v) is 6.20. The van der Waals surface area contributed by atoms with Crippen LogP contribution >= 0.6 is 0 Å². The highest BCUT2D eigenvalue weighted by atomic mass is 16.5. The Morgan fingerprint density at radius 3 is 2.81 bits per heavy atom. The molecule has 1 unspecified atom stereocenters. The SMILES string of the molecule is COC1(C(=O)O)CC=C(c2nc(Nc3cc(C)[nH]n3)ccc2C#N)CC1. The number of methoxy groups -OCH3 is 1. The molecule has 2 heterocycles. The summed E-state index contributed by atoms with van der Waals surface area (Å²) < 4.78 is 5.23. The summed E-state index contributed by atoms with van der Waals surface area (Å²) in [7, 11) is 1.41. The number of H-pyrrole nitrogens is 1. The third-order valence-corrected chi connectivity index (χ3v) is 4.54. The summed E-state index contributed by atoms with van der Waals surface area (Å²) in [5.41, 5.74) is 1.55. The van der Waals surface area contributed by atoms with Crippen LogP contribution in [0.4, 0.5) is 11.6 Å². The van der Waals surface area contributed by atoms with Gasteiger partial charge in [0.05, 0.1) is 11.3 Å². The molecule has 3 N–H and O–H groups in total. The second kappa shape index (κ2) is 6.98. The van der Waals surface area contributed by atoms with Crippen molar-refractivity contribution in [1.82, 2.24) is 15.2 Å². The van der Waals surface area contributed by atoms with Crippen molar-refractivity contribution in [3.05, 3.63) is 41.2 Å². The number of aliphatic carboxylic acids is 1. The summed E-state index contributed by atoms with van der Waals surface area (Å²) >= 11 is 0. The van der Waals surface area contributed by atoms with Crippen LogP contribution in [0, 0.1) is 18.3 Å². The van der Waals surface area contributed by atoms with Crippen molar-refractivity contribution in [3.8, 4) is 6.07 Å². The van der Waals surface area contributed by atoms with Crippen LogP contribution in [0.25, 0.3) is 5.57 Å². The van der Waals surface area contributed by atoms with Gasteiger partial charge in [0.25, 0.3) is 0 Å². The molecule has 0 aromatic carbocycles. The number of hydrogen-bond donors (Lipinski definition) is 3.